The molecule has 1 N–H and O–H groups in total. The minimum absolute atomic E-state index is 0.00381. The smallest absolute Gasteiger partial charge is 0.410 e. The molecule has 2 heterocycles. The number of halogens is 1. The van der Waals surface area contributed by atoms with Crippen molar-refractivity contribution in [2.75, 3.05) is 18.4 Å². The van der Waals surface area contributed by atoms with Crippen LogP contribution in [0.15, 0.2) is 36.4 Å². The van der Waals surface area contributed by atoms with E-state index in [0.29, 0.717) is 30.4 Å². The summed E-state index contributed by atoms with van der Waals surface area (Å²) in [5, 5.41) is 12.2. The van der Waals surface area contributed by atoms with Gasteiger partial charge in [0, 0.05) is 30.8 Å². The lowest BCUT2D eigenvalue weighted by Crippen LogP contribution is -2.47. The molecule has 1 aliphatic rings. The first kappa shape index (κ1) is 22.3. The van der Waals surface area contributed by atoms with E-state index in [0.717, 1.165) is 12.8 Å². The van der Waals surface area contributed by atoms with Gasteiger partial charge in [-0.25, -0.2) is 9.18 Å². The Kier molecular flexibility index (Phi) is 6.95. The van der Waals surface area contributed by atoms with Gasteiger partial charge >= 0.3 is 6.09 Å². The molecular formula is C23H27FN4O3. The molecule has 1 unspecified atom stereocenters. The van der Waals surface area contributed by atoms with Gasteiger partial charge in [-0.15, -0.1) is 0 Å². The largest absolute Gasteiger partial charge is 0.473 e. The third-order valence-corrected chi connectivity index (χ3v) is 4.71. The highest BCUT2D eigenvalue weighted by molar-refractivity contribution is 5.68. The van der Waals surface area contributed by atoms with Crippen LogP contribution in [0.3, 0.4) is 0 Å². The van der Waals surface area contributed by atoms with Crippen molar-refractivity contribution in [2.24, 2.45) is 0 Å². The number of nitrogens with one attached hydrogen (secondary N) is 1. The third-order valence-electron chi connectivity index (χ3n) is 4.71. The average molecular weight is 426 g/mol. The molecule has 8 heteroatoms. The van der Waals surface area contributed by atoms with Crippen LogP contribution in [-0.4, -0.2) is 40.7 Å². The number of hydrogen-bond donors (Lipinski definition) is 1. The Morgan fingerprint density at radius 3 is 2.87 bits per heavy atom. The molecule has 0 saturated carbocycles. The van der Waals surface area contributed by atoms with Gasteiger partial charge in [-0.05, 0) is 51.8 Å². The molecule has 7 nitrogen and oxygen atoms in total. The molecule has 2 aromatic rings. The minimum Gasteiger partial charge on any atom is -0.473 e. The molecule has 1 fully saturated rings. The van der Waals surface area contributed by atoms with Crippen LogP contribution < -0.4 is 10.1 Å². The second-order valence-electron chi connectivity index (χ2n) is 8.48. The predicted molar refractivity (Wildman–Crippen MR) is 114 cm³/mol. The van der Waals surface area contributed by atoms with Crippen molar-refractivity contribution in [1.29, 1.82) is 5.26 Å². The zero-order valence-corrected chi connectivity index (χ0v) is 18.0. The second-order valence-corrected chi connectivity index (χ2v) is 8.48. The fourth-order valence-corrected chi connectivity index (χ4v) is 3.26. The molecule has 0 bridgehead atoms. The molecule has 1 saturated heterocycles. The molecule has 0 radical (unpaired) electrons. The van der Waals surface area contributed by atoms with Gasteiger partial charge < -0.3 is 19.7 Å². The number of nitrogens with zero attached hydrogens (tertiary/aromatic N) is 3. The maximum atomic E-state index is 14.0. The Hall–Kier alpha value is -3.34. The van der Waals surface area contributed by atoms with E-state index < -0.39 is 11.4 Å². The first-order chi connectivity index (χ1) is 14.7. The van der Waals surface area contributed by atoms with Crippen LogP contribution in [0, 0.1) is 17.1 Å². The monoisotopic (exact) mass is 426 g/mol. The SMILES string of the molecule is CC(C)(C)OC(=O)N1CCCC(Nc2cccc(OCc3ccc(C#N)cc3F)n2)C1. The van der Waals surface area contributed by atoms with Gasteiger partial charge in [-0.2, -0.15) is 10.2 Å². The van der Waals surface area contributed by atoms with E-state index in [2.05, 4.69) is 10.3 Å². The van der Waals surface area contributed by atoms with E-state index in [1.54, 1.807) is 23.1 Å². The van der Waals surface area contributed by atoms with Crippen molar-refractivity contribution in [1.82, 2.24) is 9.88 Å². The van der Waals surface area contributed by atoms with Gasteiger partial charge in [0.1, 0.15) is 23.8 Å². The van der Waals surface area contributed by atoms with Gasteiger partial charge in [0.05, 0.1) is 11.6 Å². The summed E-state index contributed by atoms with van der Waals surface area (Å²) < 4.78 is 25.1. The maximum absolute atomic E-state index is 14.0. The van der Waals surface area contributed by atoms with Crippen LogP contribution in [0.1, 0.15) is 44.7 Å². The zero-order chi connectivity index (χ0) is 22.4. The summed E-state index contributed by atoms with van der Waals surface area (Å²) in [5.74, 6) is 0.486. The fourth-order valence-electron chi connectivity index (χ4n) is 3.26. The summed E-state index contributed by atoms with van der Waals surface area (Å²) in [6.45, 7) is 6.75. The number of aromatic nitrogens is 1. The van der Waals surface area contributed by atoms with Crippen molar-refractivity contribution in [2.45, 2.75) is 51.9 Å². The Morgan fingerprint density at radius 1 is 1.35 bits per heavy atom. The Balaban J connectivity index is 1.58. The van der Waals surface area contributed by atoms with Gasteiger partial charge in [-0.1, -0.05) is 12.1 Å². The number of hydrogen-bond acceptors (Lipinski definition) is 6. The molecule has 1 aromatic heterocycles. The number of benzene rings is 1. The highest BCUT2D eigenvalue weighted by Gasteiger charge is 2.27. The van der Waals surface area contributed by atoms with E-state index >= 15 is 0 Å². The number of amides is 1. The van der Waals surface area contributed by atoms with Gasteiger partial charge in [0.2, 0.25) is 5.88 Å². The number of likely N-dealkylation sites (tertiary alicyclic amines) is 1. The van der Waals surface area contributed by atoms with Gasteiger partial charge in [-0.3, -0.25) is 0 Å². The number of pyridine rings is 1. The molecule has 1 aliphatic heterocycles. The Morgan fingerprint density at radius 2 is 2.16 bits per heavy atom. The van der Waals surface area contributed by atoms with Crippen molar-refractivity contribution in [3.05, 3.63) is 53.3 Å². The number of carbonyl (C=O) groups is 1. The third kappa shape index (κ3) is 6.57. The summed E-state index contributed by atoms with van der Waals surface area (Å²) in [6.07, 6.45) is 1.46. The fraction of sp³-hybridized carbons (Fsp3) is 0.435. The van der Waals surface area contributed by atoms with Crippen LogP contribution >= 0.6 is 0 Å². The first-order valence-corrected chi connectivity index (χ1v) is 10.3. The number of anilines is 1. The van der Waals surface area contributed by atoms with Crippen molar-refractivity contribution >= 4 is 11.9 Å². The average Bonchev–Trinajstić information content (AvgIpc) is 2.72. The molecule has 164 valence electrons. The standard InChI is InChI=1S/C23H27FN4O3/c1-23(2,3)31-22(29)28-11-5-6-18(14-28)26-20-7-4-8-21(27-20)30-15-17-10-9-16(13-25)12-19(17)24/h4,7-10,12,18H,5-6,11,14-15H2,1-3H3,(H,26,27). The van der Waals surface area contributed by atoms with Crippen LogP contribution in [0.2, 0.25) is 0 Å². The van der Waals surface area contributed by atoms with Crippen molar-refractivity contribution in [3.63, 3.8) is 0 Å². The quantitative estimate of drug-likeness (QED) is 0.758. The maximum Gasteiger partial charge on any atom is 0.410 e. The predicted octanol–water partition coefficient (Wildman–Crippen LogP) is 4.48. The summed E-state index contributed by atoms with van der Waals surface area (Å²) in [4.78, 5) is 18.5. The number of ether oxygens (including phenoxy) is 2. The topological polar surface area (TPSA) is 87.5 Å². The lowest BCUT2D eigenvalue weighted by Gasteiger charge is -2.34. The van der Waals surface area contributed by atoms with Crippen molar-refractivity contribution < 1.29 is 18.7 Å². The lowest BCUT2D eigenvalue weighted by atomic mass is 10.1. The summed E-state index contributed by atoms with van der Waals surface area (Å²) >= 11 is 0. The lowest BCUT2D eigenvalue weighted by molar-refractivity contribution is 0.0206. The molecule has 31 heavy (non-hydrogen) atoms. The summed E-state index contributed by atoms with van der Waals surface area (Å²) in [7, 11) is 0. The molecular weight excluding hydrogens is 399 g/mol. The Bertz CT molecular complexity index is 968. The van der Waals surface area contributed by atoms with Gasteiger partial charge in [0.25, 0.3) is 0 Å². The van der Waals surface area contributed by atoms with Gasteiger partial charge in [0.15, 0.2) is 0 Å². The highest BCUT2D eigenvalue weighted by Crippen LogP contribution is 2.20. The second kappa shape index (κ2) is 9.65. The van der Waals surface area contributed by atoms with Crippen LogP contribution in [-0.2, 0) is 11.3 Å². The van der Waals surface area contributed by atoms with E-state index in [1.165, 1.54) is 12.1 Å². The molecule has 3 rings (SSSR count). The van der Waals surface area contributed by atoms with Crippen LogP contribution in [0.5, 0.6) is 5.88 Å². The normalized spacial score (nSPS) is 16.4. The number of rotatable bonds is 5. The number of carbonyl (C=O) groups excluding carboxylic acids is 1. The zero-order valence-electron chi connectivity index (χ0n) is 18.0. The highest BCUT2D eigenvalue weighted by atomic mass is 19.1. The molecule has 1 amide bonds. The van der Waals surface area contributed by atoms with Crippen molar-refractivity contribution in [3.8, 4) is 11.9 Å². The Labute approximate surface area is 181 Å². The number of piperidine rings is 1. The van der Waals surface area contributed by atoms with E-state index in [4.69, 9.17) is 14.7 Å². The molecule has 1 atom stereocenters. The molecule has 0 spiro atoms. The molecule has 1 aromatic carbocycles. The van der Waals surface area contributed by atoms with Crippen LogP contribution in [0.4, 0.5) is 15.0 Å². The van der Waals surface area contributed by atoms with Crippen LogP contribution in [0.25, 0.3) is 0 Å². The first-order valence-electron chi connectivity index (χ1n) is 10.3. The summed E-state index contributed by atoms with van der Waals surface area (Å²) in [5.41, 5.74) is 0.0805. The van der Waals surface area contributed by atoms with E-state index in [-0.39, 0.29) is 24.3 Å². The minimum atomic E-state index is -0.529. The van der Waals surface area contributed by atoms with E-state index in [9.17, 15) is 9.18 Å². The molecule has 0 aliphatic carbocycles. The number of nitriles is 1. The van der Waals surface area contributed by atoms with E-state index in [1.807, 2.05) is 32.9 Å². The summed E-state index contributed by atoms with van der Waals surface area (Å²) in [6, 6.07) is 11.5.